The zero-order valence-electron chi connectivity index (χ0n) is 18.4. The average molecular weight is 461 g/mol. The van der Waals surface area contributed by atoms with Crippen LogP contribution in [0.15, 0.2) is 30.3 Å². The first-order valence-corrected chi connectivity index (χ1v) is 10.5. The molecule has 168 valence electrons. The fourth-order valence-corrected chi connectivity index (χ4v) is 4.11. The standard InChI is InChI=1S/C23H23ClF2N4O2/c1-12(2)30-20(13-6-7-16-14(8-13)11-29(5)21(16)31)27-28-22(30)23(3,4)32-19-17(25)9-15(24)10-18(19)26/h6-10,12H,11H2,1-5H3. The summed E-state index contributed by atoms with van der Waals surface area (Å²) in [5.41, 5.74) is 1.16. The van der Waals surface area contributed by atoms with Gasteiger partial charge in [0.25, 0.3) is 5.91 Å². The third kappa shape index (κ3) is 3.72. The van der Waals surface area contributed by atoms with Gasteiger partial charge in [-0.2, -0.15) is 0 Å². The predicted molar refractivity (Wildman–Crippen MR) is 117 cm³/mol. The zero-order chi connectivity index (χ0) is 23.4. The summed E-state index contributed by atoms with van der Waals surface area (Å²) in [6.07, 6.45) is 0. The number of fused-ring (bicyclic) bond motifs is 1. The van der Waals surface area contributed by atoms with Crippen molar-refractivity contribution < 1.29 is 18.3 Å². The van der Waals surface area contributed by atoms with E-state index in [0.717, 1.165) is 23.3 Å². The van der Waals surface area contributed by atoms with Crippen LogP contribution in [0.5, 0.6) is 5.75 Å². The Kier molecular flexibility index (Phi) is 5.45. The number of rotatable bonds is 5. The van der Waals surface area contributed by atoms with E-state index in [9.17, 15) is 13.6 Å². The molecule has 9 heteroatoms. The van der Waals surface area contributed by atoms with Gasteiger partial charge in [-0.05, 0) is 57.5 Å². The summed E-state index contributed by atoms with van der Waals surface area (Å²) in [5, 5.41) is 8.63. The van der Waals surface area contributed by atoms with Crippen LogP contribution in [-0.4, -0.2) is 32.6 Å². The maximum absolute atomic E-state index is 14.4. The van der Waals surface area contributed by atoms with Crippen molar-refractivity contribution in [3.63, 3.8) is 0 Å². The second-order valence-electron chi connectivity index (χ2n) is 8.66. The van der Waals surface area contributed by atoms with E-state index >= 15 is 0 Å². The average Bonchev–Trinajstić information content (AvgIpc) is 3.27. The van der Waals surface area contributed by atoms with E-state index in [1.165, 1.54) is 0 Å². The quantitative estimate of drug-likeness (QED) is 0.514. The number of carbonyl (C=O) groups is 1. The Hall–Kier alpha value is -3.00. The molecule has 2 aromatic carbocycles. The van der Waals surface area contributed by atoms with Gasteiger partial charge in [0, 0.05) is 35.8 Å². The molecule has 0 fully saturated rings. The van der Waals surface area contributed by atoms with Crippen LogP contribution in [0.1, 0.15) is 55.5 Å². The predicted octanol–water partition coefficient (Wildman–Crippen LogP) is 5.36. The van der Waals surface area contributed by atoms with E-state index in [1.807, 2.05) is 30.5 Å². The summed E-state index contributed by atoms with van der Waals surface area (Å²) in [6, 6.07) is 7.46. The van der Waals surface area contributed by atoms with Crippen LogP contribution in [0.2, 0.25) is 5.02 Å². The molecule has 1 aliphatic rings. The normalized spacial score (nSPS) is 13.8. The molecule has 1 amide bonds. The fraction of sp³-hybridized carbons (Fsp3) is 0.348. The Balaban J connectivity index is 1.76. The molecule has 0 atom stereocenters. The van der Waals surface area contributed by atoms with Crippen molar-refractivity contribution in [2.24, 2.45) is 0 Å². The number of amides is 1. The van der Waals surface area contributed by atoms with Gasteiger partial charge in [-0.15, -0.1) is 10.2 Å². The highest BCUT2D eigenvalue weighted by Gasteiger charge is 2.34. The summed E-state index contributed by atoms with van der Waals surface area (Å²) < 4.78 is 36.3. The fourth-order valence-electron chi connectivity index (χ4n) is 3.92. The van der Waals surface area contributed by atoms with Crippen LogP contribution < -0.4 is 4.74 Å². The maximum atomic E-state index is 14.4. The number of ether oxygens (including phenoxy) is 1. The van der Waals surface area contributed by atoms with Crippen molar-refractivity contribution in [2.45, 2.75) is 45.9 Å². The molecule has 0 unspecified atom stereocenters. The van der Waals surface area contributed by atoms with E-state index in [4.69, 9.17) is 16.3 Å². The number of benzene rings is 2. The van der Waals surface area contributed by atoms with Crippen molar-refractivity contribution in [3.05, 3.63) is 63.9 Å². The molecular formula is C23H23ClF2N4O2. The molecule has 2 heterocycles. The minimum Gasteiger partial charge on any atom is -0.474 e. The molecule has 0 aliphatic carbocycles. The molecule has 6 nitrogen and oxygen atoms in total. The SMILES string of the molecule is CC(C)n1c(-c2ccc3c(c2)CN(C)C3=O)nnc1C(C)(C)Oc1c(F)cc(Cl)cc1F. The van der Waals surface area contributed by atoms with E-state index in [2.05, 4.69) is 10.2 Å². The first-order chi connectivity index (χ1) is 15.0. The monoisotopic (exact) mass is 460 g/mol. The Morgan fingerprint density at radius 3 is 2.41 bits per heavy atom. The lowest BCUT2D eigenvalue weighted by molar-refractivity contribution is 0.0812. The number of nitrogens with zero attached hydrogens (tertiary/aromatic N) is 4. The van der Waals surface area contributed by atoms with Crippen molar-refractivity contribution in [3.8, 4) is 17.1 Å². The van der Waals surface area contributed by atoms with Gasteiger partial charge in [0.05, 0.1) is 0 Å². The Morgan fingerprint density at radius 2 is 1.78 bits per heavy atom. The van der Waals surface area contributed by atoms with Crippen LogP contribution in [-0.2, 0) is 12.1 Å². The van der Waals surface area contributed by atoms with Gasteiger partial charge in [0.2, 0.25) is 0 Å². The third-order valence-electron chi connectivity index (χ3n) is 5.42. The van der Waals surface area contributed by atoms with E-state index in [-0.39, 0.29) is 17.0 Å². The number of carbonyl (C=O) groups excluding carboxylic acids is 1. The van der Waals surface area contributed by atoms with Crippen LogP contribution >= 0.6 is 11.6 Å². The Morgan fingerprint density at radius 1 is 1.12 bits per heavy atom. The second-order valence-corrected chi connectivity index (χ2v) is 9.09. The molecule has 0 saturated carbocycles. The van der Waals surface area contributed by atoms with Gasteiger partial charge < -0.3 is 14.2 Å². The van der Waals surface area contributed by atoms with E-state index in [1.54, 1.807) is 31.9 Å². The van der Waals surface area contributed by atoms with Crippen molar-refractivity contribution in [1.29, 1.82) is 0 Å². The van der Waals surface area contributed by atoms with Crippen LogP contribution in [0.4, 0.5) is 8.78 Å². The van der Waals surface area contributed by atoms with Crippen LogP contribution in [0.3, 0.4) is 0 Å². The van der Waals surface area contributed by atoms with Crippen molar-refractivity contribution >= 4 is 17.5 Å². The molecule has 32 heavy (non-hydrogen) atoms. The molecule has 0 spiro atoms. The molecule has 1 aliphatic heterocycles. The molecule has 3 aromatic rings. The van der Waals surface area contributed by atoms with E-state index < -0.39 is 23.0 Å². The van der Waals surface area contributed by atoms with Crippen LogP contribution in [0.25, 0.3) is 11.4 Å². The summed E-state index contributed by atoms with van der Waals surface area (Å²) >= 11 is 5.72. The molecule has 0 N–H and O–H groups in total. The molecule has 4 rings (SSSR count). The highest BCUT2D eigenvalue weighted by atomic mass is 35.5. The highest BCUT2D eigenvalue weighted by molar-refractivity contribution is 6.30. The van der Waals surface area contributed by atoms with Gasteiger partial charge in [0.1, 0.15) is 0 Å². The number of halogens is 3. The first kappa shape index (κ1) is 22.2. The lowest BCUT2D eigenvalue weighted by Gasteiger charge is -2.28. The Labute approximate surface area is 189 Å². The van der Waals surface area contributed by atoms with Crippen molar-refractivity contribution in [1.82, 2.24) is 19.7 Å². The number of aromatic nitrogens is 3. The van der Waals surface area contributed by atoms with Gasteiger partial charge in [-0.3, -0.25) is 4.79 Å². The minimum absolute atomic E-state index is 0.0147. The first-order valence-electron chi connectivity index (χ1n) is 10.2. The minimum atomic E-state index is -1.21. The summed E-state index contributed by atoms with van der Waals surface area (Å²) in [4.78, 5) is 13.9. The third-order valence-corrected chi connectivity index (χ3v) is 5.64. The smallest absolute Gasteiger partial charge is 0.254 e. The van der Waals surface area contributed by atoms with E-state index in [0.29, 0.717) is 23.8 Å². The summed E-state index contributed by atoms with van der Waals surface area (Å²) in [5.74, 6) is -1.35. The summed E-state index contributed by atoms with van der Waals surface area (Å²) in [7, 11) is 1.76. The number of hydrogen-bond donors (Lipinski definition) is 0. The zero-order valence-corrected chi connectivity index (χ0v) is 19.2. The van der Waals surface area contributed by atoms with Crippen LogP contribution in [0, 0.1) is 11.6 Å². The highest BCUT2D eigenvalue weighted by Crippen LogP contribution is 2.36. The topological polar surface area (TPSA) is 60.2 Å². The lowest BCUT2D eigenvalue weighted by Crippen LogP contribution is -2.31. The number of hydrogen-bond acceptors (Lipinski definition) is 4. The maximum Gasteiger partial charge on any atom is 0.254 e. The van der Waals surface area contributed by atoms with Crippen molar-refractivity contribution in [2.75, 3.05) is 7.05 Å². The van der Waals surface area contributed by atoms with Gasteiger partial charge in [-0.1, -0.05) is 17.7 Å². The second kappa shape index (κ2) is 7.85. The lowest BCUT2D eigenvalue weighted by atomic mass is 10.0. The summed E-state index contributed by atoms with van der Waals surface area (Å²) in [6.45, 7) is 7.78. The molecule has 0 bridgehead atoms. The van der Waals surface area contributed by atoms with Gasteiger partial charge in [0.15, 0.2) is 34.6 Å². The molecular weight excluding hydrogens is 438 g/mol. The Bertz CT molecular complexity index is 1200. The van der Waals surface area contributed by atoms with Gasteiger partial charge in [-0.25, -0.2) is 8.78 Å². The molecule has 0 saturated heterocycles. The molecule has 1 aromatic heterocycles. The largest absolute Gasteiger partial charge is 0.474 e. The van der Waals surface area contributed by atoms with Gasteiger partial charge >= 0.3 is 0 Å². The molecule has 0 radical (unpaired) electrons.